The van der Waals surface area contributed by atoms with E-state index in [2.05, 4.69) is 4.98 Å². The van der Waals surface area contributed by atoms with Crippen LogP contribution in [-0.2, 0) is 17.8 Å². The number of hydrogen-bond donors (Lipinski definition) is 1. The summed E-state index contributed by atoms with van der Waals surface area (Å²) in [4.78, 5) is 18.7. The first kappa shape index (κ1) is 23.0. The van der Waals surface area contributed by atoms with Gasteiger partial charge in [0.2, 0.25) is 5.91 Å². The molecule has 9 heteroatoms. The average Bonchev–Trinajstić information content (AvgIpc) is 3.02. The molecule has 1 saturated heterocycles. The van der Waals surface area contributed by atoms with E-state index >= 15 is 0 Å². The van der Waals surface area contributed by atoms with E-state index in [9.17, 15) is 4.79 Å². The predicted molar refractivity (Wildman–Crippen MR) is 110 cm³/mol. The third kappa shape index (κ3) is 6.59. The van der Waals surface area contributed by atoms with E-state index in [1.54, 1.807) is 12.1 Å². The second-order valence-electron chi connectivity index (χ2n) is 5.87. The van der Waals surface area contributed by atoms with Crippen LogP contribution in [0.2, 0.25) is 5.02 Å². The Morgan fingerprint density at radius 1 is 1.27 bits per heavy atom. The third-order valence-corrected chi connectivity index (χ3v) is 5.12. The summed E-state index contributed by atoms with van der Waals surface area (Å²) < 4.78 is 5.67. The number of hydrogen-bond acceptors (Lipinski definition) is 5. The van der Waals surface area contributed by atoms with Gasteiger partial charge in [-0.15, -0.1) is 36.2 Å². The molecule has 2 heterocycles. The van der Waals surface area contributed by atoms with E-state index in [4.69, 9.17) is 22.1 Å². The molecule has 26 heavy (non-hydrogen) atoms. The lowest BCUT2D eigenvalue weighted by Gasteiger charge is -2.30. The number of likely N-dealkylation sites (tertiary alicyclic amines) is 1. The molecule has 0 radical (unpaired) electrons. The lowest BCUT2D eigenvalue weighted by molar-refractivity contribution is -0.131. The van der Waals surface area contributed by atoms with Gasteiger partial charge in [0.05, 0.1) is 12.1 Å². The molecular weight excluding hydrogens is 417 g/mol. The van der Waals surface area contributed by atoms with Crippen molar-refractivity contribution in [2.75, 3.05) is 13.1 Å². The topological polar surface area (TPSA) is 68.5 Å². The first-order valence-corrected chi connectivity index (χ1v) is 9.21. The van der Waals surface area contributed by atoms with Crippen LogP contribution in [0.4, 0.5) is 0 Å². The first-order chi connectivity index (χ1) is 11.6. The lowest BCUT2D eigenvalue weighted by atomic mass is 10.1. The van der Waals surface area contributed by atoms with Crippen LogP contribution in [0.15, 0.2) is 29.6 Å². The second kappa shape index (κ2) is 10.9. The van der Waals surface area contributed by atoms with Crippen LogP contribution in [-0.4, -0.2) is 34.9 Å². The summed E-state index contributed by atoms with van der Waals surface area (Å²) >= 11 is 7.35. The van der Waals surface area contributed by atoms with Gasteiger partial charge in [-0.3, -0.25) is 4.79 Å². The Kier molecular flexibility index (Phi) is 9.68. The molecule has 1 fully saturated rings. The Morgan fingerprint density at radius 3 is 2.58 bits per heavy atom. The van der Waals surface area contributed by atoms with Gasteiger partial charge in [0.25, 0.3) is 0 Å². The summed E-state index contributed by atoms with van der Waals surface area (Å²) in [6.45, 7) is 1.88. The van der Waals surface area contributed by atoms with Gasteiger partial charge in [0, 0.05) is 29.5 Å². The second-order valence-corrected chi connectivity index (χ2v) is 7.25. The molecular formula is C17H22Cl3N3O2S. The van der Waals surface area contributed by atoms with Gasteiger partial charge < -0.3 is 15.4 Å². The van der Waals surface area contributed by atoms with Crippen molar-refractivity contribution in [1.29, 1.82) is 0 Å². The fourth-order valence-electron chi connectivity index (χ4n) is 2.59. The van der Waals surface area contributed by atoms with Gasteiger partial charge in [0.15, 0.2) is 0 Å². The van der Waals surface area contributed by atoms with E-state index in [0.717, 1.165) is 42.4 Å². The highest BCUT2D eigenvalue weighted by Gasteiger charge is 2.21. The van der Waals surface area contributed by atoms with Gasteiger partial charge in [-0.1, -0.05) is 11.6 Å². The minimum Gasteiger partial charge on any atom is -0.486 e. The predicted octanol–water partition coefficient (Wildman–Crippen LogP) is 3.71. The fourth-order valence-corrected chi connectivity index (χ4v) is 3.42. The van der Waals surface area contributed by atoms with E-state index in [1.165, 1.54) is 11.3 Å². The number of rotatable bonds is 5. The summed E-state index contributed by atoms with van der Waals surface area (Å²) in [5, 5.41) is 3.46. The monoisotopic (exact) mass is 437 g/mol. The summed E-state index contributed by atoms with van der Waals surface area (Å²) in [5.74, 6) is 0.870. The Morgan fingerprint density at radius 2 is 1.92 bits per heavy atom. The van der Waals surface area contributed by atoms with Crippen molar-refractivity contribution in [2.45, 2.75) is 31.9 Å². The minimum atomic E-state index is 0. The molecule has 144 valence electrons. The number of nitrogens with two attached hydrogens (primary N) is 1. The molecule has 0 spiro atoms. The zero-order chi connectivity index (χ0) is 16.9. The van der Waals surface area contributed by atoms with Crippen LogP contribution in [0.3, 0.4) is 0 Å². The molecule has 1 aliphatic rings. The average molecular weight is 439 g/mol. The van der Waals surface area contributed by atoms with Crippen LogP contribution in [0.25, 0.3) is 0 Å². The van der Waals surface area contributed by atoms with Gasteiger partial charge in [0.1, 0.15) is 17.4 Å². The number of amides is 1. The van der Waals surface area contributed by atoms with Crippen LogP contribution in [0.1, 0.15) is 23.5 Å². The minimum absolute atomic E-state index is 0. The van der Waals surface area contributed by atoms with E-state index in [-0.39, 0.29) is 36.8 Å². The number of benzene rings is 1. The van der Waals surface area contributed by atoms with Crippen molar-refractivity contribution < 1.29 is 9.53 Å². The largest absolute Gasteiger partial charge is 0.486 e. The van der Waals surface area contributed by atoms with Crippen LogP contribution >= 0.6 is 47.8 Å². The number of aromatic nitrogens is 1. The molecule has 0 unspecified atom stereocenters. The van der Waals surface area contributed by atoms with E-state index in [0.29, 0.717) is 18.1 Å². The molecule has 0 bridgehead atoms. The maximum atomic E-state index is 12.3. The molecule has 0 aliphatic carbocycles. The summed E-state index contributed by atoms with van der Waals surface area (Å²) in [7, 11) is 0. The Balaban J connectivity index is 0.00000169. The van der Waals surface area contributed by atoms with Gasteiger partial charge >= 0.3 is 0 Å². The molecule has 1 aromatic heterocycles. The van der Waals surface area contributed by atoms with Crippen LogP contribution in [0.5, 0.6) is 5.75 Å². The van der Waals surface area contributed by atoms with E-state index in [1.807, 2.05) is 22.4 Å². The highest BCUT2D eigenvalue weighted by atomic mass is 35.5. The molecule has 1 aromatic carbocycles. The van der Waals surface area contributed by atoms with Gasteiger partial charge in [-0.05, 0) is 37.1 Å². The Bertz CT molecular complexity index is 689. The van der Waals surface area contributed by atoms with Crippen molar-refractivity contribution in [3.05, 3.63) is 45.4 Å². The number of carbonyl (C=O) groups is 1. The zero-order valence-electron chi connectivity index (χ0n) is 14.1. The molecule has 2 N–H and O–H groups in total. The quantitative estimate of drug-likeness (QED) is 0.772. The summed E-state index contributed by atoms with van der Waals surface area (Å²) in [6.07, 6.45) is 2.10. The van der Waals surface area contributed by atoms with Crippen molar-refractivity contribution >= 4 is 53.7 Å². The van der Waals surface area contributed by atoms with Crippen molar-refractivity contribution in [2.24, 2.45) is 5.73 Å². The number of ether oxygens (including phenoxy) is 1. The molecule has 0 atom stereocenters. The van der Waals surface area contributed by atoms with Crippen molar-refractivity contribution in [3.63, 3.8) is 0 Å². The molecule has 3 rings (SSSR count). The number of halogens is 3. The van der Waals surface area contributed by atoms with Crippen molar-refractivity contribution in [3.8, 4) is 5.75 Å². The molecule has 2 aromatic rings. The number of piperidine rings is 1. The molecule has 1 amide bonds. The smallest absolute Gasteiger partial charge is 0.228 e. The van der Waals surface area contributed by atoms with E-state index < -0.39 is 0 Å². The van der Waals surface area contributed by atoms with Crippen LogP contribution < -0.4 is 10.5 Å². The fraction of sp³-hybridized carbons (Fsp3) is 0.412. The first-order valence-electron chi connectivity index (χ1n) is 7.95. The third-order valence-electron chi connectivity index (χ3n) is 4.00. The van der Waals surface area contributed by atoms with Crippen molar-refractivity contribution in [1.82, 2.24) is 9.88 Å². The summed E-state index contributed by atoms with van der Waals surface area (Å²) in [5.41, 5.74) is 6.67. The number of carbonyl (C=O) groups excluding carboxylic acids is 1. The summed E-state index contributed by atoms with van der Waals surface area (Å²) in [6, 6.07) is 7.44. The lowest BCUT2D eigenvalue weighted by Crippen LogP contribution is -2.43. The SMILES string of the molecule is Cl.Cl.NC1CCN(C(=O)Cc2csc(COc3ccc(Cl)cc3)n2)CC1. The highest BCUT2D eigenvalue weighted by Crippen LogP contribution is 2.19. The van der Waals surface area contributed by atoms with Gasteiger partial charge in [-0.25, -0.2) is 4.98 Å². The maximum absolute atomic E-state index is 12.3. The Hall–Kier alpha value is -1.05. The standard InChI is InChI=1S/C17H20ClN3O2S.2ClH/c18-12-1-3-15(4-2-12)23-10-16-20-14(11-24-16)9-17(22)21-7-5-13(19)6-8-21;;/h1-4,11,13H,5-10,19H2;2*1H. The highest BCUT2D eigenvalue weighted by molar-refractivity contribution is 7.09. The molecule has 1 aliphatic heterocycles. The van der Waals surface area contributed by atoms with Gasteiger partial charge in [-0.2, -0.15) is 0 Å². The van der Waals surface area contributed by atoms with Crippen LogP contribution in [0, 0.1) is 0 Å². The molecule has 0 saturated carbocycles. The zero-order valence-corrected chi connectivity index (χ0v) is 17.3. The maximum Gasteiger partial charge on any atom is 0.228 e. The normalized spacial score (nSPS) is 14.3. The number of thiazole rings is 1. The Labute approximate surface area is 174 Å². The number of nitrogens with zero attached hydrogens (tertiary/aromatic N) is 2. The molecule has 5 nitrogen and oxygen atoms in total.